The zero-order valence-corrected chi connectivity index (χ0v) is 14.1. The molecule has 0 spiro atoms. The lowest BCUT2D eigenvalue weighted by molar-refractivity contribution is -0.152. The molecule has 1 aromatic rings. The second-order valence-corrected chi connectivity index (χ2v) is 6.68. The molecular weight excluding hydrogens is 358 g/mol. The zero-order chi connectivity index (χ0) is 15.6. The van der Waals surface area contributed by atoms with Gasteiger partial charge < -0.3 is 10.0 Å². The van der Waals surface area contributed by atoms with E-state index in [1.54, 1.807) is 23.1 Å². The van der Waals surface area contributed by atoms with Crippen molar-refractivity contribution in [2.75, 3.05) is 13.1 Å². The Morgan fingerprint density at radius 3 is 2.48 bits per heavy atom. The molecule has 0 radical (unpaired) electrons. The number of carboxylic acid groups (broad SMARTS) is 1. The van der Waals surface area contributed by atoms with Crippen LogP contribution in [0.2, 0.25) is 5.02 Å². The summed E-state index contributed by atoms with van der Waals surface area (Å²) in [5, 5.41) is 9.78. The van der Waals surface area contributed by atoms with Crippen LogP contribution < -0.4 is 0 Å². The lowest BCUT2D eigenvalue weighted by Crippen LogP contribution is -2.46. The van der Waals surface area contributed by atoms with Gasteiger partial charge in [0.15, 0.2) is 0 Å². The van der Waals surface area contributed by atoms with E-state index in [1.165, 1.54) is 0 Å². The van der Waals surface area contributed by atoms with Crippen LogP contribution in [0.1, 0.15) is 36.5 Å². The van der Waals surface area contributed by atoms with Crippen LogP contribution in [0.5, 0.6) is 0 Å². The third kappa shape index (κ3) is 3.24. The molecule has 6 heteroatoms. The second kappa shape index (κ2) is 6.36. The Bertz CT molecular complexity index is 568. The number of rotatable bonds is 3. The van der Waals surface area contributed by atoms with Crippen LogP contribution in [0.15, 0.2) is 22.7 Å². The minimum absolute atomic E-state index is 0.136. The normalized spacial score (nSPS) is 17.6. The van der Waals surface area contributed by atoms with Crippen molar-refractivity contribution in [2.24, 2.45) is 5.41 Å². The smallest absolute Gasteiger partial charge is 0.309 e. The van der Waals surface area contributed by atoms with Gasteiger partial charge in [-0.1, -0.05) is 34.5 Å². The minimum Gasteiger partial charge on any atom is -0.481 e. The number of hydrogen-bond donors (Lipinski definition) is 1. The van der Waals surface area contributed by atoms with Gasteiger partial charge in [0, 0.05) is 17.6 Å². The standard InChI is InChI=1S/C15H17BrClNO3/c1-2-15(14(20)21)5-7-18(8-6-15)13(19)11-4-3-10(16)9-12(11)17/h3-4,9H,2,5-8H2,1H3,(H,20,21). The molecule has 1 saturated heterocycles. The first-order valence-electron chi connectivity index (χ1n) is 6.87. The first-order valence-corrected chi connectivity index (χ1v) is 8.04. The number of aliphatic carboxylic acids is 1. The molecule has 1 aliphatic heterocycles. The highest BCUT2D eigenvalue weighted by Crippen LogP contribution is 2.36. The van der Waals surface area contributed by atoms with E-state index in [-0.39, 0.29) is 5.91 Å². The molecule has 1 amide bonds. The lowest BCUT2D eigenvalue weighted by Gasteiger charge is -2.38. The van der Waals surface area contributed by atoms with Crippen molar-refractivity contribution in [1.29, 1.82) is 0 Å². The van der Waals surface area contributed by atoms with E-state index in [9.17, 15) is 14.7 Å². The van der Waals surface area contributed by atoms with Gasteiger partial charge in [-0.25, -0.2) is 0 Å². The maximum absolute atomic E-state index is 12.5. The number of carbonyl (C=O) groups excluding carboxylic acids is 1. The Hall–Kier alpha value is -1.07. The van der Waals surface area contributed by atoms with Crippen molar-refractivity contribution in [3.8, 4) is 0 Å². The van der Waals surface area contributed by atoms with E-state index in [0.717, 1.165) is 4.47 Å². The molecule has 0 aliphatic carbocycles. The highest BCUT2D eigenvalue weighted by molar-refractivity contribution is 9.10. The van der Waals surface area contributed by atoms with Crippen molar-refractivity contribution in [3.05, 3.63) is 33.3 Å². The Morgan fingerprint density at radius 1 is 1.38 bits per heavy atom. The van der Waals surface area contributed by atoms with Gasteiger partial charge in [-0.15, -0.1) is 0 Å². The van der Waals surface area contributed by atoms with Gasteiger partial charge in [0.05, 0.1) is 16.0 Å². The van der Waals surface area contributed by atoms with Crippen LogP contribution in [0.25, 0.3) is 0 Å². The molecule has 1 aliphatic rings. The van der Waals surface area contributed by atoms with Gasteiger partial charge in [0.1, 0.15) is 0 Å². The van der Waals surface area contributed by atoms with Crippen LogP contribution in [-0.4, -0.2) is 35.0 Å². The Morgan fingerprint density at radius 2 is 2.00 bits per heavy atom. The number of carbonyl (C=O) groups is 2. The van der Waals surface area contributed by atoms with E-state index in [1.807, 2.05) is 6.92 Å². The summed E-state index contributed by atoms with van der Waals surface area (Å²) in [6, 6.07) is 5.15. The summed E-state index contributed by atoms with van der Waals surface area (Å²) in [6.45, 7) is 2.79. The maximum Gasteiger partial charge on any atom is 0.309 e. The number of likely N-dealkylation sites (tertiary alicyclic amines) is 1. The zero-order valence-electron chi connectivity index (χ0n) is 11.7. The molecule has 2 rings (SSSR count). The van der Waals surface area contributed by atoms with E-state index in [0.29, 0.717) is 42.9 Å². The minimum atomic E-state index is -0.765. The summed E-state index contributed by atoms with van der Waals surface area (Å²) in [4.78, 5) is 25.6. The lowest BCUT2D eigenvalue weighted by atomic mass is 9.76. The highest BCUT2D eigenvalue weighted by atomic mass is 79.9. The van der Waals surface area contributed by atoms with Crippen molar-refractivity contribution in [2.45, 2.75) is 26.2 Å². The number of benzene rings is 1. The number of halogens is 2. The number of nitrogens with zero attached hydrogens (tertiary/aromatic N) is 1. The van der Waals surface area contributed by atoms with Crippen molar-refractivity contribution in [1.82, 2.24) is 4.90 Å². The molecule has 114 valence electrons. The second-order valence-electron chi connectivity index (χ2n) is 5.36. The summed E-state index contributed by atoms with van der Waals surface area (Å²) >= 11 is 9.41. The largest absolute Gasteiger partial charge is 0.481 e. The Kier molecular flexibility index (Phi) is 4.94. The summed E-state index contributed by atoms with van der Waals surface area (Å²) in [6.07, 6.45) is 1.56. The predicted molar refractivity (Wildman–Crippen MR) is 84.6 cm³/mol. The topological polar surface area (TPSA) is 57.6 Å². The third-order valence-electron chi connectivity index (χ3n) is 4.30. The summed E-state index contributed by atoms with van der Waals surface area (Å²) < 4.78 is 0.818. The van der Waals surface area contributed by atoms with Crippen LogP contribution in [-0.2, 0) is 4.79 Å². The molecule has 0 bridgehead atoms. The highest BCUT2D eigenvalue weighted by Gasteiger charge is 2.41. The average Bonchev–Trinajstić information content (AvgIpc) is 2.46. The first-order chi connectivity index (χ1) is 9.89. The van der Waals surface area contributed by atoms with Crippen LogP contribution >= 0.6 is 27.5 Å². The molecule has 21 heavy (non-hydrogen) atoms. The van der Waals surface area contributed by atoms with Gasteiger partial charge in [-0.3, -0.25) is 9.59 Å². The number of hydrogen-bond acceptors (Lipinski definition) is 2. The van der Waals surface area contributed by atoms with Crippen LogP contribution in [0, 0.1) is 5.41 Å². The predicted octanol–water partition coefficient (Wildman–Crippen LogP) is 3.82. The fraction of sp³-hybridized carbons (Fsp3) is 0.467. The molecule has 1 fully saturated rings. The molecular formula is C15H17BrClNO3. The van der Waals surface area contributed by atoms with Crippen LogP contribution in [0.3, 0.4) is 0 Å². The fourth-order valence-electron chi connectivity index (χ4n) is 2.69. The van der Waals surface area contributed by atoms with Gasteiger partial charge in [-0.2, -0.15) is 0 Å². The van der Waals surface area contributed by atoms with Gasteiger partial charge in [0.25, 0.3) is 5.91 Å². The van der Waals surface area contributed by atoms with Gasteiger partial charge >= 0.3 is 5.97 Å². The fourth-order valence-corrected chi connectivity index (χ4v) is 3.44. The number of carboxylic acids is 1. The monoisotopic (exact) mass is 373 g/mol. The summed E-state index contributed by atoms with van der Waals surface area (Å²) in [7, 11) is 0. The first kappa shape index (κ1) is 16.3. The van der Waals surface area contributed by atoms with E-state index >= 15 is 0 Å². The SMILES string of the molecule is CCC1(C(=O)O)CCN(C(=O)c2ccc(Br)cc2Cl)CC1. The van der Waals surface area contributed by atoms with Gasteiger partial charge in [-0.05, 0) is 37.5 Å². The maximum atomic E-state index is 12.5. The van der Waals surface area contributed by atoms with E-state index < -0.39 is 11.4 Å². The quantitative estimate of drug-likeness (QED) is 0.875. The molecule has 0 aromatic heterocycles. The van der Waals surface area contributed by atoms with Crippen molar-refractivity contribution < 1.29 is 14.7 Å². The molecule has 0 unspecified atom stereocenters. The van der Waals surface area contributed by atoms with Crippen molar-refractivity contribution >= 4 is 39.4 Å². The summed E-state index contributed by atoms with van der Waals surface area (Å²) in [5.41, 5.74) is -0.237. The van der Waals surface area contributed by atoms with E-state index in [2.05, 4.69) is 15.9 Å². The number of piperidine rings is 1. The molecule has 1 aromatic carbocycles. The van der Waals surface area contributed by atoms with Crippen LogP contribution in [0.4, 0.5) is 0 Å². The van der Waals surface area contributed by atoms with E-state index in [4.69, 9.17) is 11.6 Å². The molecule has 1 N–H and O–H groups in total. The van der Waals surface area contributed by atoms with Crippen molar-refractivity contribution in [3.63, 3.8) is 0 Å². The average molecular weight is 375 g/mol. The Balaban J connectivity index is 2.12. The third-order valence-corrected chi connectivity index (χ3v) is 5.11. The Labute approximate surface area is 137 Å². The summed E-state index contributed by atoms with van der Waals surface area (Å²) in [5.74, 6) is -0.902. The van der Waals surface area contributed by atoms with Gasteiger partial charge in [0.2, 0.25) is 0 Å². The molecule has 0 saturated carbocycles. The molecule has 4 nitrogen and oxygen atoms in total. The molecule has 0 atom stereocenters. The number of amides is 1. The molecule has 1 heterocycles.